The number of imide groups is 1. The number of nitrogens with one attached hydrogen (secondary N) is 2. The van der Waals surface area contributed by atoms with E-state index in [4.69, 9.17) is 0 Å². The Labute approximate surface area is 247 Å². The van der Waals surface area contributed by atoms with E-state index in [0.717, 1.165) is 59.9 Å². The molecule has 4 aromatic rings. The van der Waals surface area contributed by atoms with Gasteiger partial charge in [-0.2, -0.15) is 13.2 Å². The average molecular weight is 611 g/mol. The number of fused-ring (bicyclic) bond motifs is 1. The standard InChI is InChI=1S/C29H25F3N6O2S2/c30-29(31,32)18-11-20(35-23(12-18)22-16-41-24-4-2-1-3-21(22)24)15-33-14-17-6-9-38(10-7-17)27-34-8-5-19(36-27)13-25-26(39)37-28(40)42-25/h1-5,8,11-13,16-17,33H,6-7,9-10,14-15H2,(H,37,39,40)/b25-13+. The van der Waals surface area contributed by atoms with Gasteiger partial charge >= 0.3 is 6.18 Å². The smallest absolute Gasteiger partial charge is 0.341 e. The van der Waals surface area contributed by atoms with Crippen molar-refractivity contribution in [3.05, 3.63) is 75.9 Å². The second kappa shape index (κ2) is 11.8. The molecule has 42 heavy (non-hydrogen) atoms. The molecule has 0 spiro atoms. The summed E-state index contributed by atoms with van der Waals surface area (Å²) in [6, 6.07) is 11.6. The molecule has 2 aliphatic heterocycles. The first-order valence-corrected chi connectivity index (χ1v) is 15.0. The Kier molecular flexibility index (Phi) is 7.97. The first-order valence-electron chi connectivity index (χ1n) is 13.3. The number of hydrogen-bond donors (Lipinski definition) is 2. The van der Waals surface area contributed by atoms with Crippen molar-refractivity contribution in [3.8, 4) is 11.3 Å². The van der Waals surface area contributed by atoms with Crippen molar-refractivity contribution in [2.75, 3.05) is 24.5 Å². The fourth-order valence-electron chi connectivity index (χ4n) is 5.05. The molecule has 2 amide bonds. The average Bonchev–Trinajstić information content (AvgIpc) is 3.55. The Balaban J connectivity index is 1.07. The maximum absolute atomic E-state index is 13.8. The van der Waals surface area contributed by atoms with Crippen LogP contribution in [0.5, 0.6) is 0 Å². The fourth-order valence-corrected chi connectivity index (χ4v) is 6.67. The number of piperidine rings is 1. The molecule has 2 aliphatic rings. The highest BCUT2D eigenvalue weighted by molar-refractivity contribution is 8.18. The SMILES string of the molecule is O=C1NC(=O)/C(=C\c2ccnc(N3CCC(CNCc4cc(C(F)(F)F)cc(-c5csc6ccccc56)n4)CC3)n2)S1. The highest BCUT2D eigenvalue weighted by Gasteiger charge is 2.32. The molecule has 1 aromatic carbocycles. The van der Waals surface area contributed by atoms with Gasteiger partial charge in [-0.3, -0.25) is 19.9 Å². The number of thioether (sulfide) groups is 1. The van der Waals surface area contributed by atoms with Gasteiger partial charge in [-0.1, -0.05) is 18.2 Å². The van der Waals surface area contributed by atoms with E-state index in [-0.39, 0.29) is 6.54 Å². The minimum atomic E-state index is -4.47. The third-order valence-electron chi connectivity index (χ3n) is 7.18. The number of rotatable bonds is 7. The molecular formula is C29H25F3N6O2S2. The van der Waals surface area contributed by atoms with E-state index in [1.165, 1.54) is 11.3 Å². The van der Waals surface area contributed by atoms with Crippen LogP contribution in [-0.2, 0) is 17.5 Å². The predicted octanol–water partition coefficient (Wildman–Crippen LogP) is 6.10. The number of hydrogen-bond acceptors (Lipinski definition) is 9. The van der Waals surface area contributed by atoms with E-state index >= 15 is 0 Å². The summed E-state index contributed by atoms with van der Waals surface area (Å²) >= 11 is 2.33. The van der Waals surface area contributed by atoms with Crippen LogP contribution >= 0.6 is 23.1 Å². The van der Waals surface area contributed by atoms with Crippen LogP contribution in [0.2, 0.25) is 0 Å². The van der Waals surface area contributed by atoms with Gasteiger partial charge in [-0.05, 0) is 67.4 Å². The minimum Gasteiger partial charge on any atom is -0.341 e. The van der Waals surface area contributed by atoms with Crippen LogP contribution in [-0.4, -0.2) is 45.7 Å². The number of pyridine rings is 1. The Morgan fingerprint density at radius 1 is 1.10 bits per heavy atom. The van der Waals surface area contributed by atoms with Crippen molar-refractivity contribution in [2.45, 2.75) is 25.6 Å². The molecule has 0 unspecified atom stereocenters. The van der Waals surface area contributed by atoms with E-state index in [0.29, 0.717) is 46.0 Å². The molecule has 6 rings (SSSR count). The first-order chi connectivity index (χ1) is 20.2. The summed E-state index contributed by atoms with van der Waals surface area (Å²) in [6.07, 6.45) is 0.436. The summed E-state index contributed by atoms with van der Waals surface area (Å²) in [4.78, 5) is 39.1. The number of halogens is 3. The van der Waals surface area contributed by atoms with Crippen molar-refractivity contribution in [1.82, 2.24) is 25.6 Å². The Hall–Kier alpha value is -3.81. The maximum Gasteiger partial charge on any atom is 0.416 e. The third-order valence-corrected chi connectivity index (χ3v) is 8.96. The van der Waals surface area contributed by atoms with Crippen LogP contribution in [0.4, 0.5) is 23.9 Å². The number of carbonyl (C=O) groups is 2. The summed E-state index contributed by atoms with van der Waals surface area (Å²) in [5.74, 6) is 0.448. The van der Waals surface area contributed by atoms with Crippen LogP contribution in [0.15, 0.2) is 58.9 Å². The van der Waals surface area contributed by atoms with E-state index < -0.39 is 22.9 Å². The van der Waals surface area contributed by atoms with E-state index in [9.17, 15) is 22.8 Å². The zero-order chi connectivity index (χ0) is 29.3. The third kappa shape index (κ3) is 6.32. The molecular weight excluding hydrogens is 585 g/mol. The zero-order valence-electron chi connectivity index (χ0n) is 22.1. The number of thiophene rings is 1. The minimum absolute atomic E-state index is 0.229. The molecule has 2 N–H and O–H groups in total. The van der Waals surface area contributed by atoms with Crippen LogP contribution in [0, 0.1) is 5.92 Å². The summed E-state index contributed by atoms with van der Waals surface area (Å²) in [7, 11) is 0. The summed E-state index contributed by atoms with van der Waals surface area (Å²) in [6.45, 7) is 2.32. The molecule has 8 nitrogen and oxygen atoms in total. The molecule has 0 aliphatic carbocycles. The van der Waals surface area contributed by atoms with Crippen LogP contribution in [0.3, 0.4) is 0 Å². The van der Waals surface area contributed by atoms with Gasteiger partial charge in [0.05, 0.1) is 27.6 Å². The van der Waals surface area contributed by atoms with Crippen molar-refractivity contribution in [1.29, 1.82) is 0 Å². The van der Waals surface area contributed by atoms with Crippen LogP contribution in [0.1, 0.15) is 29.8 Å². The Morgan fingerprint density at radius 3 is 2.67 bits per heavy atom. The van der Waals surface area contributed by atoms with Gasteiger partial charge in [0.2, 0.25) is 5.95 Å². The van der Waals surface area contributed by atoms with E-state index in [2.05, 4.69) is 30.5 Å². The topological polar surface area (TPSA) is 100 Å². The van der Waals surface area contributed by atoms with Crippen molar-refractivity contribution in [3.63, 3.8) is 0 Å². The number of amides is 2. The number of anilines is 1. The number of nitrogens with zero attached hydrogens (tertiary/aromatic N) is 4. The largest absolute Gasteiger partial charge is 0.416 e. The number of carbonyl (C=O) groups excluding carboxylic acids is 2. The molecule has 5 heterocycles. The zero-order valence-corrected chi connectivity index (χ0v) is 23.8. The molecule has 2 saturated heterocycles. The first kappa shape index (κ1) is 28.3. The van der Waals surface area contributed by atoms with Crippen molar-refractivity contribution < 1.29 is 22.8 Å². The summed E-state index contributed by atoms with van der Waals surface area (Å²) in [5.41, 5.74) is 1.22. The highest BCUT2D eigenvalue weighted by Crippen LogP contribution is 2.37. The summed E-state index contributed by atoms with van der Waals surface area (Å²) in [5, 5.41) is 7.89. The van der Waals surface area contributed by atoms with E-state index in [1.54, 1.807) is 18.3 Å². The molecule has 13 heteroatoms. The van der Waals surface area contributed by atoms with Gasteiger partial charge in [0.1, 0.15) is 0 Å². The van der Waals surface area contributed by atoms with Gasteiger partial charge in [-0.15, -0.1) is 11.3 Å². The van der Waals surface area contributed by atoms with Crippen LogP contribution in [0.25, 0.3) is 27.4 Å². The molecule has 2 fully saturated rings. The molecule has 0 bridgehead atoms. The fraction of sp³-hybridized carbons (Fsp3) is 0.276. The number of alkyl halides is 3. The quantitative estimate of drug-likeness (QED) is 0.242. The van der Waals surface area contributed by atoms with Gasteiger partial charge in [0, 0.05) is 46.9 Å². The maximum atomic E-state index is 13.8. The molecule has 3 aromatic heterocycles. The molecule has 0 atom stereocenters. The van der Waals surface area contributed by atoms with Gasteiger partial charge in [0.15, 0.2) is 0 Å². The Bertz CT molecular complexity index is 1680. The highest BCUT2D eigenvalue weighted by atomic mass is 32.2. The second-order valence-electron chi connectivity index (χ2n) is 10.1. The lowest BCUT2D eigenvalue weighted by Crippen LogP contribution is -2.38. The van der Waals surface area contributed by atoms with Crippen LogP contribution < -0.4 is 15.5 Å². The second-order valence-corrected chi connectivity index (χ2v) is 12.0. The Morgan fingerprint density at radius 2 is 1.90 bits per heavy atom. The lowest BCUT2D eigenvalue weighted by molar-refractivity contribution is -0.137. The van der Waals surface area contributed by atoms with Crippen molar-refractivity contribution >= 4 is 56.4 Å². The van der Waals surface area contributed by atoms with Crippen molar-refractivity contribution in [2.24, 2.45) is 5.92 Å². The molecule has 216 valence electrons. The van der Waals surface area contributed by atoms with Gasteiger partial charge < -0.3 is 10.2 Å². The lowest BCUT2D eigenvalue weighted by atomic mass is 9.97. The monoisotopic (exact) mass is 610 g/mol. The van der Waals surface area contributed by atoms with Gasteiger partial charge in [0.25, 0.3) is 11.1 Å². The normalized spacial score (nSPS) is 17.4. The van der Waals surface area contributed by atoms with Gasteiger partial charge in [-0.25, -0.2) is 9.97 Å². The predicted molar refractivity (Wildman–Crippen MR) is 158 cm³/mol. The number of benzene rings is 1. The van der Waals surface area contributed by atoms with E-state index in [1.807, 2.05) is 29.6 Å². The number of aromatic nitrogens is 3. The lowest BCUT2D eigenvalue weighted by Gasteiger charge is -2.32. The molecule has 0 saturated carbocycles. The summed E-state index contributed by atoms with van der Waals surface area (Å²) < 4.78 is 42.3. The molecule has 0 radical (unpaired) electrons.